The van der Waals surface area contributed by atoms with Gasteiger partial charge in [-0.25, -0.2) is 15.4 Å². The quantitative estimate of drug-likeness (QED) is 0.348. The van der Waals surface area contributed by atoms with E-state index in [1.165, 1.54) is 19.5 Å². The van der Waals surface area contributed by atoms with Crippen LogP contribution in [0.5, 0.6) is 0 Å². The van der Waals surface area contributed by atoms with Gasteiger partial charge in [0, 0.05) is 25.5 Å². The molecule has 2 heterocycles. The Balaban J connectivity index is 1.82. The number of ether oxygens (including phenoxy) is 1. The number of rotatable bonds is 8. The summed E-state index contributed by atoms with van der Waals surface area (Å²) in [5.74, 6) is 0.620. The first-order valence-electron chi connectivity index (χ1n) is 9.27. The van der Waals surface area contributed by atoms with Crippen molar-refractivity contribution >= 4 is 17.8 Å². The van der Waals surface area contributed by atoms with Gasteiger partial charge in [-0.05, 0) is 37.6 Å². The van der Waals surface area contributed by atoms with Gasteiger partial charge in [0.05, 0.1) is 12.7 Å². The third-order valence-corrected chi connectivity index (χ3v) is 4.75. The first-order valence-corrected chi connectivity index (χ1v) is 9.27. The van der Waals surface area contributed by atoms with Gasteiger partial charge >= 0.3 is 5.97 Å². The first-order chi connectivity index (χ1) is 12.9. The maximum Gasteiger partial charge on any atom is 0.322 e. The molecule has 0 bridgehead atoms. The third-order valence-electron chi connectivity index (χ3n) is 4.75. The number of esters is 1. The molecule has 0 spiro atoms. The first kappa shape index (κ1) is 21.0. The Morgan fingerprint density at radius 2 is 1.93 bits per heavy atom. The van der Waals surface area contributed by atoms with E-state index in [2.05, 4.69) is 34.0 Å². The normalized spacial score (nSPS) is 16.3. The number of carbonyl (C=O) groups excluding carboxylic acids is 2. The number of methoxy groups -OCH3 is 1. The summed E-state index contributed by atoms with van der Waals surface area (Å²) in [6.45, 7) is 6.57. The highest BCUT2D eigenvalue weighted by Gasteiger charge is 2.25. The molecule has 0 saturated carbocycles. The van der Waals surface area contributed by atoms with Gasteiger partial charge in [0.25, 0.3) is 5.91 Å². The Bertz CT molecular complexity index is 615. The van der Waals surface area contributed by atoms with Gasteiger partial charge in [-0.1, -0.05) is 13.8 Å². The van der Waals surface area contributed by atoms with Gasteiger partial charge in [0.2, 0.25) is 5.95 Å². The molecule has 3 N–H and O–H groups in total. The van der Waals surface area contributed by atoms with Crippen LogP contribution in [0.3, 0.4) is 0 Å². The van der Waals surface area contributed by atoms with Crippen LogP contribution in [-0.2, 0) is 9.53 Å². The Morgan fingerprint density at radius 3 is 2.44 bits per heavy atom. The summed E-state index contributed by atoms with van der Waals surface area (Å²) in [5.41, 5.74) is 1.77. The molecular weight excluding hydrogens is 350 g/mol. The molecule has 150 valence electrons. The van der Waals surface area contributed by atoms with Crippen LogP contribution < -0.4 is 15.7 Å². The van der Waals surface area contributed by atoms with Gasteiger partial charge in [0.15, 0.2) is 0 Å². The summed E-state index contributed by atoms with van der Waals surface area (Å²) < 4.78 is 4.89. The van der Waals surface area contributed by atoms with Crippen molar-refractivity contribution in [2.24, 2.45) is 11.8 Å². The van der Waals surface area contributed by atoms with E-state index in [1.807, 2.05) is 0 Å². The van der Waals surface area contributed by atoms with Crippen LogP contribution in [0, 0.1) is 11.8 Å². The lowest BCUT2D eigenvalue weighted by Crippen LogP contribution is -2.44. The smallest absolute Gasteiger partial charge is 0.322 e. The Morgan fingerprint density at radius 1 is 1.30 bits per heavy atom. The number of nitrogens with one attached hydrogen (secondary N) is 2. The van der Waals surface area contributed by atoms with Gasteiger partial charge in [-0.3, -0.25) is 14.8 Å². The lowest BCUT2D eigenvalue weighted by molar-refractivity contribution is -0.143. The molecular formula is C18H29N5O4. The van der Waals surface area contributed by atoms with Crippen molar-refractivity contribution in [3.05, 3.63) is 18.0 Å². The minimum Gasteiger partial charge on any atom is -0.468 e. The highest BCUT2D eigenvalue weighted by Crippen LogP contribution is 2.20. The molecule has 1 atom stereocenters. The Labute approximate surface area is 159 Å². The maximum atomic E-state index is 11.9. The number of hydroxylamine groups is 1. The van der Waals surface area contributed by atoms with Crippen LogP contribution >= 0.6 is 0 Å². The lowest BCUT2D eigenvalue weighted by atomic mass is 9.96. The molecule has 0 aliphatic carbocycles. The van der Waals surface area contributed by atoms with E-state index in [0.29, 0.717) is 17.8 Å². The molecule has 9 heteroatoms. The van der Waals surface area contributed by atoms with Crippen molar-refractivity contribution in [1.82, 2.24) is 20.8 Å². The van der Waals surface area contributed by atoms with E-state index in [4.69, 9.17) is 9.94 Å². The average molecular weight is 379 g/mol. The number of carbonyl (C=O) groups is 2. The van der Waals surface area contributed by atoms with Crippen molar-refractivity contribution in [1.29, 1.82) is 0 Å². The molecule has 1 aromatic rings. The molecule has 1 aromatic heterocycles. The molecule has 1 aliphatic rings. The number of piperidine rings is 1. The highest BCUT2D eigenvalue weighted by molar-refractivity contribution is 5.92. The minimum absolute atomic E-state index is 0.207. The molecule has 2 rings (SSSR count). The van der Waals surface area contributed by atoms with E-state index < -0.39 is 5.91 Å². The van der Waals surface area contributed by atoms with Crippen LogP contribution in [0.1, 0.15) is 43.5 Å². The summed E-state index contributed by atoms with van der Waals surface area (Å²) >= 11 is 0. The second kappa shape index (κ2) is 10.2. The fourth-order valence-electron chi connectivity index (χ4n) is 3.19. The van der Waals surface area contributed by atoms with Crippen molar-refractivity contribution in [2.75, 3.05) is 31.6 Å². The topological polar surface area (TPSA) is 117 Å². The van der Waals surface area contributed by atoms with Crippen LogP contribution in [0.2, 0.25) is 0 Å². The largest absolute Gasteiger partial charge is 0.468 e. The molecule has 0 radical (unpaired) electrons. The van der Waals surface area contributed by atoms with Gasteiger partial charge in [-0.15, -0.1) is 0 Å². The highest BCUT2D eigenvalue weighted by atomic mass is 16.5. The number of aromatic nitrogens is 2. The summed E-state index contributed by atoms with van der Waals surface area (Å²) in [7, 11) is 1.42. The number of nitrogens with zero attached hydrogens (tertiary/aromatic N) is 3. The Hall–Kier alpha value is -2.26. The Kier molecular flexibility index (Phi) is 7.93. The zero-order valence-electron chi connectivity index (χ0n) is 16.1. The number of amides is 1. The molecule has 0 aromatic carbocycles. The standard InChI is InChI=1S/C18H29N5O4/c1-12(2)8-15(17(25)27-3)19-9-13-4-6-23(7-5-13)18-20-10-14(11-21-18)16(24)22-26/h10-13,15,19,26H,4-9H2,1-3H3,(H,22,24)/t15-/m0/s1. The summed E-state index contributed by atoms with van der Waals surface area (Å²) in [5, 5.41) is 12.0. The fraction of sp³-hybridized carbons (Fsp3) is 0.667. The average Bonchev–Trinajstić information content (AvgIpc) is 2.70. The zero-order valence-corrected chi connectivity index (χ0v) is 16.1. The van der Waals surface area contributed by atoms with Crippen molar-refractivity contribution in [2.45, 2.75) is 39.2 Å². The van der Waals surface area contributed by atoms with Crippen LogP contribution in [-0.4, -0.2) is 59.8 Å². The summed E-state index contributed by atoms with van der Waals surface area (Å²) in [6, 6.07) is -0.262. The van der Waals surface area contributed by atoms with Gasteiger partial charge in [-0.2, -0.15) is 0 Å². The molecule has 1 saturated heterocycles. The minimum atomic E-state index is -0.632. The molecule has 0 unspecified atom stereocenters. The predicted molar refractivity (Wildman–Crippen MR) is 99.5 cm³/mol. The molecule has 1 aliphatic heterocycles. The van der Waals surface area contributed by atoms with Crippen LogP contribution in [0.25, 0.3) is 0 Å². The van der Waals surface area contributed by atoms with Gasteiger partial charge < -0.3 is 15.0 Å². The maximum absolute atomic E-state index is 11.9. The third kappa shape index (κ3) is 6.14. The van der Waals surface area contributed by atoms with Crippen LogP contribution in [0.4, 0.5) is 5.95 Å². The van der Waals surface area contributed by atoms with Gasteiger partial charge in [0.1, 0.15) is 6.04 Å². The van der Waals surface area contributed by atoms with Crippen molar-refractivity contribution in [3.63, 3.8) is 0 Å². The fourth-order valence-corrected chi connectivity index (χ4v) is 3.19. The molecule has 9 nitrogen and oxygen atoms in total. The van der Waals surface area contributed by atoms with E-state index in [0.717, 1.165) is 38.9 Å². The summed E-state index contributed by atoms with van der Waals surface area (Å²) in [6.07, 6.45) is 5.48. The van der Waals surface area contributed by atoms with E-state index in [1.54, 1.807) is 5.48 Å². The molecule has 27 heavy (non-hydrogen) atoms. The van der Waals surface area contributed by atoms with E-state index >= 15 is 0 Å². The monoisotopic (exact) mass is 379 g/mol. The number of anilines is 1. The second-order valence-electron chi connectivity index (χ2n) is 7.26. The summed E-state index contributed by atoms with van der Waals surface area (Å²) in [4.78, 5) is 33.7. The van der Waals surface area contributed by atoms with Crippen molar-refractivity contribution in [3.8, 4) is 0 Å². The van der Waals surface area contributed by atoms with Crippen LogP contribution in [0.15, 0.2) is 12.4 Å². The predicted octanol–water partition coefficient (Wildman–Crippen LogP) is 0.989. The van der Waals surface area contributed by atoms with Crippen molar-refractivity contribution < 1.29 is 19.5 Å². The van der Waals surface area contributed by atoms with E-state index in [9.17, 15) is 9.59 Å². The SMILES string of the molecule is COC(=O)[C@H](CC(C)C)NCC1CCN(c2ncc(C(=O)NO)cn2)CC1. The molecule has 1 amide bonds. The number of hydrogen-bond donors (Lipinski definition) is 3. The number of hydrogen-bond acceptors (Lipinski definition) is 8. The second-order valence-corrected chi connectivity index (χ2v) is 7.26. The molecule has 1 fully saturated rings. The zero-order chi connectivity index (χ0) is 19.8. The van der Waals surface area contributed by atoms with E-state index in [-0.39, 0.29) is 17.6 Å². The lowest BCUT2D eigenvalue weighted by Gasteiger charge is -2.32.